The molecular weight excluding hydrogens is 374 g/mol. The van der Waals surface area contributed by atoms with Gasteiger partial charge in [-0.15, -0.1) is 0 Å². The van der Waals surface area contributed by atoms with E-state index in [2.05, 4.69) is 15.3 Å². The van der Waals surface area contributed by atoms with Gasteiger partial charge >= 0.3 is 0 Å². The number of rotatable bonds is 6. The SMILES string of the molecule is CC(O)c1ccc(CNC(=O)c2cncnc2Oc2ccc3c(c2)OCO3)cc1. The minimum absolute atomic E-state index is 0.140. The molecule has 0 spiro atoms. The van der Waals surface area contributed by atoms with Crippen LogP contribution in [-0.2, 0) is 6.54 Å². The number of aliphatic hydroxyl groups excluding tert-OH is 1. The van der Waals surface area contributed by atoms with E-state index in [9.17, 15) is 9.90 Å². The van der Waals surface area contributed by atoms with Crippen LogP contribution >= 0.6 is 0 Å². The summed E-state index contributed by atoms with van der Waals surface area (Å²) in [6.45, 7) is 2.18. The number of aromatic nitrogens is 2. The third kappa shape index (κ3) is 4.27. The van der Waals surface area contributed by atoms with E-state index in [-0.39, 0.29) is 24.1 Å². The second-order valence-electron chi connectivity index (χ2n) is 6.46. The van der Waals surface area contributed by atoms with E-state index < -0.39 is 6.10 Å². The first-order valence-electron chi connectivity index (χ1n) is 9.03. The molecule has 3 aromatic rings. The second kappa shape index (κ2) is 8.15. The maximum absolute atomic E-state index is 12.6. The number of carbonyl (C=O) groups is 1. The molecule has 29 heavy (non-hydrogen) atoms. The molecule has 1 unspecified atom stereocenters. The van der Waals surface area contributed by atoms with Gasteiger partial charge in [0.1, 0.15) is 17.6 Å². The van der Waals surface area contributed by atoms with Gasteiger partial charge in [0.2, 0.25) is 12.7 Å². The molecule has 8 heteroatoms. The molecule has 8 nitrogen and oxygen atoms in total. The van der Waals surface area contributed by atoms with Crippen molar-refractivity contribution < 1.29 is 24.1 Å². The smallest absolute Gasteiger partial charge is 0.258 e. The summed E-state index contributed by atoms with van der Waals surface area (Å²) in [5.74, 6) is 1.46. The number of carbonyl (C=O) groups excluding carboxylic acids is 1. The summed E-state index contributed by atoms with van der Waals surface area (Å²) >= 11 is 0. The van der Waals surface area contributed by atoms with E-state index >= 15 is 0 Å². The topological polar surface area (TPSA) is 103 Å². The van der Waals surface area contributed by atoms with Crippen LogP contribution in [0.25, 0.3) is 0 Å². The summed E-state index contributed by atoms with van der Waals surface area (Å²) in [5.41, 5.74) is 1.93. The maximum Gasteiger partial charge on any atom is 0.258 e. The lowest BCUT2D eigenvalue weighted by molar-refractivity contribution is 0.0947. The molecule has 2 aromatic carbocycles. The average molecular weight is 393 g/mol. The number of fused-ring (bicyclic) bond motifs is 1. The number of aliphatic hydroxyl groups is 1. The van der Waals surface area contributed by atoms with Crippen LogP contribution in [0.15, 0.2) is 55.0 Å². The molecule has 0 fully saturated rings. The van der Waals surface area contributed by atoms with Crippen molar-refractivity contribution in [1.29, 1.82) is 0 Å². The van der Waals surface area contributed by atoms with Gasteiger partial charge in [-0.05, 0) is 30.2 Å². The quantitative estimate of drug-likeness (QED) is 0.664. The molecule has 1 aromatic heterocycles. The van der Waals surface area contributed by atoms with E-state index in [1.165, 1.54) is 12.5 Å². The van der Waals surface area contributed by atoms with E-state index in [0.29, 0.717) is 23.8 Å². The van der Waals surface area contributed by atoms with Crippen molar-refractivity contribution in [3.05, 3.63) is 71.7 Å². The molecule has 1 aliphatic rings. The molecule has 1 amide bonds. The molecule has 148 valence electrons. The summed E-state index contributed by atoms with van der Waals surface area (Å²) in [6, 6.07) is 12.5. The van der Waals surface area contributed by atoms with E-state index in [1.807, 2.05) is 24.3 Å². The first kappa shape index (κ1) is 18.7. The predicted molar refractivity (Wildman–Crippen MR) is 103 cm³/mol. The summed E-state index contributed by atoms with van der Waals surface area (Å²) in [6.07, 6.45) is 2.19. The highest BCUT2D eigenvalue weighted by atomic mass is 16.7. The minimum atomic E-state index is -0.531. The Hall–Kier alpha value is -3.65. The predicted octanol–water partition coefficient (Wildman–Crippen LogP) is 2.98. The van der Waals surface area contributed by atoms with E-state index in [4.69, 9.17) is 14.2 Å². The fraction of sp³-hybridized carbons (Fsp3) is 0.190. The Morgan fingerprint density at radius 2 is 2.00 bits per heavy atom. The van der Waals surface area contributed by atoms with Gasteiger partial charge in [-0.25, -0.2) is 9.97 Å². The number of amides is 1. The Morgan fingerprint density at radius 3 is 2.79 bits per heavy atom. The zero-order valence-electron chi connectivity index (χ0n) is 15.7. The first-order chi connectivity index (χ1) is 14.1. The molecular formula is C21H19N3O5. The van der Waals surface area contributed by atoms with Crippen LogP contribution in [0.3, 0.4) is 0 Å². The third-order valence-corrected chi connectivity index (χ3v) is 4.39. The first-order valence-corrected chi connectivity index (χ1v) is 9.03. The van der Waals surface area contributed by atoms with Crippen molar-refractivity contribution in [2.45, 2.75) is 19.6 Å². The third-order valence-electron chi connectivity index (χ3n) is 4.39. The van der Waals surface area contributed by atoms with Gasteiger partial charge in [-0.1, -0.05) is 24.3 Å². The number of ether oxygens (including phenoxy) is 3. The Labute approximate surface area is 167 Å². The Bertz CT molecular complexity index is 1020. The van der Waals surface area contributed by atoms with Crippen molar-refractivity contribution in [3.8, 4) is 23.1 Å². The van der Waals surface area contributed by atoms with Gasteiger partial charge in [0.25, 0.3) is 5.91 Å². The fourth-order valence-electron chi connectivity index (χ4n) is 2.80. The Balaban J connectivity index is 1.45. The normalized spacial score (nSPS) is 13.0. The van der Waals surface area contributed by atoms with Crippen molar-refractivity contribution in [2.75, 3.05) is 6.79 Å². The number of nitrogens with one attached hydrogen (secondary N) is 1. The van der Waals surface area contributed by atoms with Gasteiger partial charge in [-0.3, -0.25) is 4.79 Å². The van der Waals surface area contributed by atoms with Gasteiger partial charge in [-0.2, -0.15) is 0 Å². The van der Waals surface area contributed by atoms with Gasteiger partial charge < -0.3 is 24.6 Å². The molecule has 4 rings (SSSR count). The van der Waals surface area contributed by atoms with Crippen LogP contribution in [0.5, 0.6) is 23.1 Å². The van der Waals surface area contributed by atoms with Crippen LogP contribution in [-0.4, -0.2) is 27.8 Å². The van der Waals surface area contributed by atoms with Gasteiger partial charge in [0.15, 0.2) is 11.5 Å². The number of benzene rings is 2. The molecule has 2 N–H and O–H groups in total. The lowest BCUT2D eigenvalue weighted by Crippen LogP contribution is -2.23. The van der Waals surface area contributed by atoms with Crippen LogP contribution in [0, 0.1) is 0 Å². The standard InChI is InChI=1S/C21H19N3O5/c1-13(25)15-4-2-14(3-5-15)9-23-20(26)17-10-22-11-24-21(17)29-16-6-7-18-19(8-16)28-12-27-18/h2-8,10-11,13,25H,9,12H2,1H3,(H,23,26). The van der Waals surface area contributed by atoms with Crippen molar-refractivity contribution in [3.63, 3.8) is 0 Å². The lowest BCUT2D eigenvalue weighted by atomic mass is 10.1. The monoisotopic (exact) mass is 393 g/mol. The summed E-state index contributed by atoms with van der Waals surface area (Å²) in [4.78, 5) is 20.6. The van der Waals surface area contributed by atoms with E-state index in [1.54, 1.807) is 25.1 Å². The summed E-state index contributed by atoms with van der Waals surface area (Å²) in [7, 11) is 0. The molecule has 0 saturated heterocycles. The number of hydrogen-bond acceptors (Lipinski definition) is 7. The zero-order valence-corrected chi connectivity index (χ0v) is 15.7. The summed E-state index contributed by atoms with van der Waals surface area (Å²) in [5, 5.41) is 12.4. The minimum Gasteiger partial charge on any atom is -0.454 e. The van der Waals surface area contributed by atoms with Crippen molar-refractivity contribution in [1.82, 2.24) is 15.3 Å². The van der Waals surface area contributed by atoms with Gasteiger partial charge in [0, 0.05) is 18.8 Å². The molecule has 0 saturated carbocycles. The number of hydrogen-bond donors (Lipinski definition) is 2. The van der Waals surface area contributed by atoms with Crippen LogP contribution in [0.1, 0.15) is 34.5 Å². The highest BCUT2D eigenvalue weighted by molar-refractivity contribution is 5.96. The van der Waals surface area contributed by atoms with Gasteiger partial charge in [0.05, 0.1) is 6.10 Å². The highest BCUT2D eigenvalue weighted by Crippen LogP contribution is 2.36. The maximum atomic E-state index is 12.6. The van der Waals surface area contributed by atoms with Crippen molar-refractivity contribution in [2.24, 2.45) is 0 Å². The molecule has 1 aliphatic heterocycles. The Kier molecular flexibility index (Phi) is 5.26. The average Bonchev–Trinajstić information content (AvgIpc) is 3.20. The van der Waals surface area contributed by atoms with E-state index in [0.717, 1.165) is 11.1 Å². The van der Waals surface area contributed by atoms with Crippen molar-refractivity contribution >= 4 is 5.91 Å². The zero-order chi connectivity index (χ0) is 20.2. The fourth-order valence-corrected chi connectivity index (χ4v) is 2.80. The molecule has 0 aliphatic carbocycles. The number of nitrogens with zero attached hydrogens (tertiary/aromatic N) is 2. The lowest BCUT2D eigenvalue weighted by Gasteiger charge is -2.11. The molecule has 0 bridgehead atoms. The molecule has 0 radical (unpaired) electrons. The van der Waals surface area contributed by atoms with Crippen LogP contribution < -0.4 is 19.5 Å². The molecule has 1 atom stereocenters. The molecule has 2 heterocycles. The highest BCUT2D eigenvalue weighted by Gasteiger charge is 2.18. The Morgan fingerprint density at radius 1 is 1.21 bits per heavy atom. The summed E-state index contributed by atoms with van der Waals surface area (Å²) < 4.78 is 16.4. The van der Waals surface area contributed by atoms with Crippen LogP contribution in [0.4, 0.5) is 0 Å². The van der Waals surface area contributed by atoms with Crippen LogP contribution in [0.2, 0.25) is 0 Å². The largest absolute Gasteiger partial charge is 0.454 e. The second-order valence-corrected chi connectivity index (χ2v) is 6.46.